The van der Waals surface area contributed by atoms with Crippen LogP contribution in [0, 0.1) is 0 Å². The minimum atomic E-state index is -0.409. The van der Waals surface area contributed by atoms with Gasteiger partial charge in [-0.3, -0.25) is 4.79 Å². The lowest BCUT2D eigenvalue weighted by Gasteiger charge is -2.16. The first-order valence-electron chi connectivity index (χ1n) is 6.53. The first-order chi connectivity index (χ1) is 9.15. The van der Waals surface area contributed by atoms with E-state index in [4.69, 9.17) is 15.2 Å². The van der Waals surface area contributed by atoms with Crippen LogP contribution in [0.5, 0.6) is 11.5 Å². The van der Waals surface area contributed by atoms with Crippen LogP contribution in [-0.4, -0.2) is 37.1 Å². The van der Waals surface area contributed by atoms with Crippen molar-refractivity contribution in [3.8, 4) is 11.5 Å². The van der Waals surface area contributed by atoms with Crippen molar-refractivity contribution < 1.29 is 14.3 Å². The molecular formula is C14H20N2O3. The van der Waals surface area contributed by atoms with E-state index in [1.807, 2.05) is 25.1 Å². The van der Waals surface area contributed by atoms with Crippen LogP contribution in [-0.2, 0) is 11.3 Å². The molecule has 0 radical (unpaired) electrons. The second-order valence-electron chi connectivity index (χ2n) is 4.57. The molecule has 0 saturated carbocycles. The highest BCUT2D eigenvalue weighted by Gasteiger charge is 2.31. The van der Waals surface area contributed by atoms with E-state index in [-0.39, 0.29) is 5.91 Å². The molecule has 1 aliphatic heterocycles. The number of nitrogens with zero attached hydrogens (tertiary/aromatic N) is 1. The van der Waals surface area contributed by atoms with E-state index >= 15 is 0 Å². The summed E-state index contributed by atoms with van der Waals surface area (Å²) in [4.78, 5) is 13.5. The number of rotatable bonds is 5. The number of amides is 1. The van der Waals surface area contributed by atoms with Gasteiger partial charge in [0.15, 0.2) is 17.6 Å². The van der Waals surface area contributed by atoms with E-state index in [0.717, 1.165) is 12.1 Å². The molecule has 1 saturated heterocycles. The van der Waals surface area contributed by atoms with Gasteiger partial charge in [-0.15, -0.1) is 0 Å². The molecule has 1 amide bonds. The molecule has 1 atom stereocenters. The molecule has 104 valence electrons. The van der Waals surface area contributed by atoms with Crippen molar-refractivity contribution in [3.63, 3.8) is 0 Å². The summed E-state index contributed by atoms with van der Waals surface area (Å²) in [6.07, 6.45) is 0.299. The molecule has 0 aliphatic carbocycles. The predicted octanol–water partition coefficient (Wildman–Crippen LogP) is 1.15. The molecule has 5 heteroatoms. The Balaban J connectivity index is 2.17. The van der Waals surface area contributed by atoms with Crippen molar-refractivity contribution in [2.24, 2.45) is 5.73 Å². The maximum absolute atomic E-state index is 11.8. The molecule has 2 N–H and O–H groups in total. The lowest BCUT2D eigenvalue weighted by atomic mass is 10.2. The van der Waals surface area contributed by atoms with Crippen molar-refractivity contribution in [1.29, 1.82) is 0 Å². The molecule has 5 nitrogen and oxygen atoms in total. The lowest BCUT2D eigenvalue weighted by molar-refractivity contribution is -0.132. The highest BCUT2D eigenvalue weighted by atomic mass is 16.5. The fraction of sp³-hybridized carbons (Fsp3) is 0.500. The number of likely N-dealkylation sites (tertiary alicyclic amines) is 1. The van der Waals surface area contributed by atoms with Gasteiger partial charge < -0.3 is 20.1 Å². The summed E-state index contributed by atoms with van der Waals surface area (Å²) < 4.78 is 11.3. The molecule has 0 aromatic heterocycles. The number of likely N-dealkylation sites (N-methyl/N-ethyl adjacent to an activating group) is 1. The van der Waals surface area contributed by atoms with E-state index in [2.05, 4.69) is 0 Å². The first-order valence-corrected chi connectivity index (χ1v) is 6.53. The van der Waals surface area contributed by atoms with Gasteiger partial charge in [-0.1, -0.05) is 6.07 Å². The van der Waals surface area contributed by atoms with Crippen LogP contribution in [0.4, 0.5) is 0 Å². The van der Waals surface area contributed by atoms with Crippen LogP contribution in [0.3, 0.4) is 0 Å². The minimum Gasteiger partial charge on any atom is -0.490 e. The van der Waals surface area contributed by atoms with Crippen LogP contribution < -0.4 is 15.2 Å². The maximum atomic E-state index is 11.8. The van der Waals surface area contributed by atoms with Crippen molar-refractivity contribution in [3.05, 3.63) is 23.8 Å². The number of carbonyl (C=O) groups is 1. The third-order valence-electron chi connectivity index (χ3n) is 3.19. The third kappa shape index (κ3) is 2.98. The van der Waals surface area contributed by atoms with Gasteiger partial charge in [-0.2, -0.15) is 0 Å². The summed E-state index contributed by atoms with van der Waals surface area (Å²) in [6.45, 7) is 3.64. The third-order valence-corrected chi connectivity index (χ3v) is 3.19. The van der Waals surface area contributed by atoms with E-state index in [9.17, 15) is 4.79 Å². The number of nitrogens with two attached hydrogens (primary N) is 1. The Hall–Kier alpha value is -1.75. The largest absolute Gasteiger partial charge is 0.490 e. The summed E-state index contributed by atoms with van der Waals surface area (Å²) in [5, 5.41) is 0. The topological polar surface area (TPSA) is 64.8 Å². The van der Waals surface area contributed by atoms with Crippen LogP contribution in [0.1, 0.15) is 18.9 Å². The van der Waals surface area contributed by atoms with Gasteiger partial charge in [0, 0.05) is 26.6 Å². The maximum Gasteiger partial charge on any atom is 0.263 e. The van der Waals surface area contributed by atoms with Gasteiger partial charge in [0.05, 0.1) is 6.61 Å². The zero-order valence-electron chi connectivity index (χ0n) is 11.4. The van der Waals surface area contributed by atoms with Crippen LogP contribution in [0.2, 0.25) is 0 Å². The number of carbonyl (C=O) groups excluding carboxylic acids is 1. The van der Waals surface area contributed by atoms with Gasteiger partial charge >= 0.3 is 0 Å². The smallest absolute Gasteiger partial charge is 0.263 e. The predicted molar refractivity (Wildman–Crippen MR) is 72.2 cm³/mol. The number of hydrogen-bond acceptors (Lipinski definition) is 4. The van der Waals surface area contributed by atoms with Crippen molar-refractivity contribution in [2.75, 3.05) is 20.2 Å². The highest BCUT2D eigenvalue weighted by molar-refractivity contribution is 5.83. The van der Waals surface area contributed by atoms with Gasteiger partial charge in [0.1, 0.15) is 0 Å². The highest BCUT2D eigenvalue weighted by Crippen LogP contribution is 2.30. The van der Waals surface area contributed by atoms with Crippen molar-refractivity contribution in [1.82, 2.24) is 4.90 Å². The summed E-state index contributed by atoms with van der Waals surface area (Å²) in [5.74, 6) is 1.27. The molecule has 1 aromatic rings. The van der Waals surface area contributed by atoms with Crippen LogP contribution in [0.15, 0.2) is 18.2 Å². The summed E-state index contributed by atoms with van der Waals surface area (Å²) in [5.41, 5.74) is 6.59. The zero-order chi connectivity index (χ0) is 13.8. The minimum absolute atomic E-state index is 0.0188. The van der Waals surface area contributed by atoms with Gasteiger partial charge in [-0.25, -0.2) is 0 Å². The second kappa shape index (κ2) is 5.93. The van der Waals surface area contributed by atoms with Gasteiger partial charge in [0.2, 0.25) is 0 Å². The first kappa shape index (κ1) is 13.7. The lowest BCUT2D eigenvalue weighted by Crippen LogP contribution is -2.29. The van der Waals surface area contributed by atoms with Crippen LogP contribution in [0.25, 0.3) is 0 Å². The quantitative estimate of drug-likeness (QED) is 0.866. The van der Waals surface area contributed by atoms with E-state index in [0.29, 0.717) is 31.1 Å². The van der Waals surface area contributed by atoms with Crippen molar-refractivity contribution >= 4 is 5.91 Å². The van der Waals surface area contributed by atoms with E-state index < -0.39 is 6.10 Å². The monoisotopic (exact) mass is 264 g/mol. The fourth-order valence-corrected chi connectivity index (χ4v) is 2.10. The molecule has 2 rings (SSSR count). The fourth-order valence-electron chi connectivity index (χ4n) is 2.10. The molecule has 1 unspecified atom stereocenters. The van der Waals surface area contributed by atoms with Crippen LogP contribution >= 0.6 is 0 Å². The molecule has 1 aliphatic rings. The molecular weight excluding hydrogens is 244 g/mol. The van der Waals surface area contributed by atoms with Crippen molar-refractivity contribution in [2.45, 2.75) is 26.0 Å². The Morgan fingerprint density at radius 1 is 1.42 bits per heavy atom. The summed E-state index contributed by atoms with van der Waals surface area (Å²) >= 11 is 0. The number of ether oxygens (including phenoxy) is 2. The van der Waals surface area contributed by atoms with E-state index in [1.54, 1.807) is 11.9 Å². The molecule has 19 heavy (non-hydrogen) atoms. The molecule has 0 bridgehead atoms. The Bertz CT molecular complexity index is 462. The average molecular weight is 264 g/mol. The zero-order valence-corrected chi connectivity index (χ0v) is 11.4. The van der Waals surface area contributed by atoms with E-state index in [1.165, 1.54) is 0 Å². The second-order valence-corrected chi connectivity index (χ2v) is 4.57. The Morgan fingerprint density at radius 2 is 2.21 bits per heavy atom. The average Bonchev–Trinajstić information content (AvgIpc) is 2.73. The summed E-state index contributed by atoms with van der Waals surface area (Å²) in [6, 6.07) is 5.57. The number of benzene rings is 1. The Labute approximate surface area is 113 Å². The molecule has 1 heterocycles. The van der Waals surface area contributed by atoms with Gasteiger partial charge in [0.25, 0.3) is 5.91 Å². The SMILES string of the molecule is CCOc1cc(CN)ccc1OC1CCN(C)C1=O. The molecule has 0 spiro atoms. The Morgan fingerprint density at radius 3 is 2.79 bits per heavy atom. The number of hydrogen-bond donors (Lipinski definition) is 1. The molecule has 1 fully saturated rings. The Kier molecular flexibility index (Phi) is 4.27. The standard InChI is InChI=1S/C14H20N2O3/c1-3-18-13-8-10(9-15)4-5-11(13)19-12-6-7-16(2)14(12)17/h4-5,8,12H,3,6-7,9,15H2,1-2H3. The molecule has 1 aromatic carbocycles. The summed E-state index contributed by atoms with van der Waals surface area (Å²) in [7, 11) is 1.78. The normalized spacial score (nSPS) is 18.8. The van der Waals surface area contributed by atoms with Gasteiger partial charge in [-0.05, 0) is 24.6 Å².